The minimum atomic E-state index is 0.434. The van der Waals surface area contributed by atoms with Gasteiger partial charge < -0.3 is 0 Å². The smallest absolute Gasteiger partial charge is 0.137 e. The predicted molar refractivity (Wildman–Crippen MR) is 83.4 cm³/mol. The van der Waals surface area contributed by atoms with Gasteiger partial charge >= 0.3 is 0 Å². The van der Waals surface area contributed by atoms with Gasteiger partial charge in [0.2, 0.25) is 0 Å². The van der Waals surface area contributed by atoms with Crippen LogP contribution in [-0.4, -0.2) is 14.8 Å². The lowest BCUT2D eigenvalue weighted by molar-refractivity contribution is 0.479. The van der Waals surface area contributed by atoms with Crippen LogP contribution in [0.3, 0.4) is 0 Å². The zero-order valence-electron chi connectivity index (χ0n) is 11.6. The summed E-state index contributed by atoms with van der Waals surface area (Å²) < 4.78 is 1.86. The van der Waals surface area contributed by atoms with Gasteiger partial charge in [0.25, 0.3) is 0 Å². The van der Waals surface area contributed by atoms with Crippen molar-refractivity contribution in [3.63, 3.8) is 0 Å². The van der Waals surface area contributed by atoms with Crippen LogP contribution in [0.2, 0.25) is 10.0 Å². The van der Waals surface area contributed by atoms with Crippen LogP contribution in [0.15, 0.2) is 30.9 Å². The second kappa shape index (κ2) is 7.65. The number of benzene rings is 1. The Hall–Kier alpha value is -1.06. The van der Waals surface area contributed by atoms with E-state index in [0.717, 1.165) is 24.4 Å². The average Bonchev–Trinajstić information content (AvgIpc) is 2.93. The second-order valence-electron chi connectivity index (χ2n) is 4.95. The first-order valence-electron chi connectivity index (χ1n) is 6.98. The molecule has 0 bridgehead atoms. The fourth-order valence-electron chi connectivity index (χ4n) is 2.37. The molecule has 1 atom stereocenters. The van der Waals surface area contributed by atoms with Crippen LogP contribution < -0.4 is 0 Å². The molecule has 0 aliphatic heterocycles. The lowest BCUT2D eigenvalue weighted by atomic mass is 9.90. The zero-order valence-corrected chi connectivity index (χ0v) is 13.1. The summed E-state index contributed by atoms with van der Waals surface area (Å²) in [7, 11) is 0. The van der Waals surface area contributed by atoms with Crippen LogP contribution in [0.25, 0.3) is 0 Å². The molecule has 1 aromatic heterocycles. The highest BCUT2D eigenvalue weighted by Gasteiger charge is 2.15. The standard InChI is InChI=1S/C15H19Cl2N3/c1-2-3-4-12(7-8-20-11-18-10-19-20)14-6-5-13(16)9-15(14)17/h5-6,9-12H,2-4,7-8H2,1H3/t12-/m0/s1. The molecule has 3 nitrogen and oxygen atoms in total. The van der Waals surface area contributed by atoms with Gasteiger partial charge in [-0.15, -0.1) is 0 Å². The van der Waals surface area contributed by atoms with Crippen molar-refractivity contribution in [3.8, 4) is 0 Å². The molecular weight excluding hydrogens is 293 g/mol. The first-order valence-corrected chi connectivity index (χ1v) is 7.73. The van der Waals surface area contributed by atoms with Crippen molar-refractivity contribution < 1.29 is 0 Å². The van der Waals surface area contributed by atoms with Crippen molar-refractivity contribution in [2.24, 2.45) is 0 Å². The van der Waals surface area contributed by atoms with E-state index >= 15 is 0 Å². The van der Waals surface area contributed by atoms with Gasteiger partial charge in [0, 0.05) is 16.6 Å². The van der Waals surface area contributed by atoms with Crippen molar-refractivity contribution in [3.05, 3.63) is 46.5 Å². The molecule has 0 fully saturated rings. The Morgan fingerprint density at radius 1 is 1.25 bits per heavy atom. The summed E-state index contributed by atoms with van der Waals surface area (Å²) in [6.45, 7) is 3.06. The van der Waals surface area contributed by atoms with Crippen LogP contribution >= 0.6 is 23.2 Å². The van der Waals surface area contributed by atoms with Crippen molar-refractivity contribution in [2.75, 3.05) is 0 Å². The van der Waals surface area contributed by atoms with Crippen LogP contribution in [0.1, 0.15) is 44.1 Å². The van der Waals surface area contributed by atoms with E-state index in [1.807, 2.05) is 22.9 Å². The molecule has 0 aliphatic carbocycles. The average molecular weight is 312 g/mol. The van der Waals surface area contributed by atoms with Crippen LogP contribution in [-0.2, 0) is 6.54 Å². The fraction of sp³-hybridized carbons (Fsp3) is 0.467. The fourth-order valence-corrected chi connectivity index (χ4v) is 2.94. The summed E-state index contributed by atoms with van der Waals surface area (Å²) in [5.74, 6) is 0.434. The molecule has 0 spiro atoms. The Balaban J connectivity index is 2.09. The number of hydrogen-bond acceptors (Lipinski definition) is 2. The van der Waals surface area contributed by atoms with E-state index in [1.54, 1.807) is 12.7 Å². The number of halogens is 2. The normalized spacial score (nSPS) is 12.6. The minimum Gasteiger partial charge on any atom is -0.253 e. The first-order chi connectivity index (χ1) is 9.70. The van der Waals surface area contributed by atoms with E-state index in [0.29, 0.717) is 10.9 Å². The molecule has 0 N–H and O–H groups in total. The largest absolute Gasteiger partial charge is 0.253 e. The van der Waals surface area contributed by atoms with Crippen molar-refractivity contribution in [2.45, 2.75) is 45.1 Å². The van der Waals surface area contributed by atoms with E-state index < -0.39 is 0 Å². The first kappa shape index (κ1) is 15.3. The topological polar surface area (TPSA) is 30.7 Å². The molecule has 1 aromatic carbocycles. The molecule has 0 saturated heterocycles. The third kappa shape index (κ3) is 4.22. The summed E-state index contributed by atoms with van der Waals surface area (Å²) in [5.41, 5.74) is 1.18. The molecule has 108 valence electrons. The van der Waals surface area contributed by atoms with Gasteiger partial charge in [-0.25, -0.2) is 4.98 Å². The molecule has 0 aliphatic rings. The quantitative estimate of drug-likeness (QED) is 0.724. The van der Waals surface area contributed by atoms with Crippen molar-refractivity contribution in [1.29, 1.82) is 0 Å². The van der Waals surface area contributed by atoms with Gasteiger partial charge in [-0.3, -0.25) is 4.68 Å². The molecule has 0 saturated carbocycles. The number of nitrogens with zero attached hydrogens (tertiary/aromatic N) is 3. The third-order valence-electron chi connectivity index (χ3n) is 3.48. The van der Waals surface area contributed by atoms with Gasteiger partial charge in [-0.2, -0.15) is 5.10 Å². The van der Waals surface area contributed by atoms with Crippen LogP contribution in [0.5, 0.6) is 0 Å². The molecule has 0 unspecified atom stereocenters. The maximum atomic E-state index is 6.34. The number of rotatable bonds is 7. The predicted octanol–water partition coefficient (Wildman–Crippen LogP) is 4.95. The van der Waals surface area contributed by atoms with E-state index in [4.69, 9.17) is 23.2 Å². The van der Waals surface area contributed by atoms with E-state index in [9.17, 15) is 0 Å². The van der Waals surface area contributed by atoms with Gasteiger partial charge in [0.1, 0.15) is 12.7 Å². The van der Waals surface area contributed by atoms with Crippen LogP contribution in [0, 0.1) is 0 Å². The molecule has 20 heavy (non-hydrogen) atoms. The molecule has 2 rings (SSSR count). The molecule has 5 heteroatoms. The number of hydrogen-bond donors (Lipinski definition) is 0. The summed E-state index contributed by atoms with van der Waals surface area (Å²) >= 11 is 12.3. The lowest BCUT2D eigenvalue weighted by Crippen LogP contribution is -2.07. The maximum Gasteiger partial charge on any atom is 0.137 e. The van der Waals surface area contributed by atoms with Crippen molar-refractivity contribution >= 4 is 23.2 Å². The minimum absolute atomic E-state index is 0.434. The van der Waals surface area contributed by atoms with E-state index in [-0.39, 0.29) is 0 Å². The Kier molecular flexibility index (Phi) is 5.86. The molecule has 1 heterocycles. The number of aromatic nitrogens is 3. The Morgan fingerprint density at radius 2 is 2.10 bits per heavy atom. The highest BCUT2D eigenvalue weighted by Crippen LogP contribution is 2.33. The lowest BCUT2D eigenvalue weighted by Gasteiger charge is -2.18. The van der Waals surface area contributed by atoms with Crippen molar-refractivity contribution in [1.82, 2.24) is 14.8 Å². The number of aryl methyl sites for hydroxylation is 1. The summed E-state index contributed by atoms with van der Waals surface area (Å²) in [6, 6.07) is 5.79. The van der Waals surface area contributed by atoms with Gasteiger partial charge in [-0.05, 0) is 36.5 Å². The highest BCUT2D eigenvalue weighted by atomic mass is 35.5. The summed E-state index contributed by atoms with van der Waals surface area (Å²) in [4.78, 5) is 3.97. The summed E-state index contributed by atoms with van der Waals surface area (Å²) in [5, 5.41) is 5.60. The molecular formula is C15H19Cl2N3. The van der Waals surface area contributed by atoms with Crippen LogP contribution in [0.4, 0.5) is 0 Å². The zero-order chi connectivity index (χ0) is 14.4. The van der Waals surface area contributed by atoms with Gasteiger partial charge in [0.05, 0.1) is 0 Å². The Labute approximate surface area is 129 Å². The second-order valence-corrected chi connectivity index (χ2v) is 5.80. The monoisotopic (exact) mass is 311 g/mol. The molecule has 2 aromatic rings. The third-order valence-corrected chi connectivity index (χ3v) is 4.04. The SMILES string of the molecule is CCCC[C@@H](CCn1cncn1)c1ccc(Cl)cc1Cl. The van der Waals surface area contributed by atoms with Gasteiger partial charge in [0.15, 0.2) is 0 Å². The summed E-state index contributed by atoms with van der Waals surface area (Å²) in [6.07, 6.45) is 7.83. The molecule has 0 radical (unpaired) electrons. The van der Waals surface area contributed by atoms with Gasteiger partial charge in [-0.1, -0.05) is 49.0 Å². The highest BCUT2D eigenvalue weighted by molar-refractivity contribution is 6.35. The molecule has 0 amide bonds. The van der Waals surface area contributed by atoms with E-state index in [1.165, 1.54) is 18.4 Å². The Morgan fingerprint density at radius 3 is 2.75 bits per heavy atom. The maximum absolute atomic E-state index is 6.34. The number of unbranched alkanes of at least 4 members (excludes halogenated alkanes) is 1. The Bertz CT molecular complexity index is 526. The van der Waals surface area contributed by atoms with E-state index in [2.05, 4.69) is 17.0 Å².